The quantitative estimate of drug-likeness (QED) is 0.666. The molecule has 1 aliphatic heterocycles. The second kappa shape index (κ2) is 4.97. The first kappa shape index (κ1) is 10.2. The van der Waals surface area contributed by atoms with Crippen LogP contribution in [0.25, 0.3) is 0 Å². The minimum Gasteiger partial charge on any atom is -0.395 e. The van der Waals surface area contributed by atoms with Gasteiger partial charge in [-0.1, -0.05) is 24.0 Å². The van der Waals surface area contributed by atoms with Crippen LogP contribution in [-0.4, -0.2) is 18.3 Å². The zero-order valence-corrected chi connectivity index (χ0v) is 8.71. The van der Waals surface area contributed by atoms with Crippen molar-refractivity contribution in [3.63, 3.8) is 0 Å². The van der Waals surface area contributed by atoms with Crippen LogP contribution in [0.15, 0.2) is 18.2 Å². The minimum atomic E-state index is 0.142. The molecule has 1 aliphatic rings. The fourth-order valence-corrected chi connectivity index (χ4v) is 1.86. The minimum absolute atomic E-state index is 0.142. The summed E-state index contributed by atoms with van der Waals surface area (Å²) in [6.45, 7) is 2.13. The maximum atomic E-state index is 8.67. The second-order valence-electron chi connectivity index (χ2n) is 3.65. The number of aliphatic hydroxyl groups is 1. The summed E-state index contributed by atoms with van der Waals surface area (Å²) in [6, 6.07) is 6.27. The molecule has 0 unspecified atom stereocenters. The Morgan fingerprint density at radius 3 is 3.20 bits per heavy atom. The van der Waals surface area contributed by atoms with Gasteiger partial charge in [0.05, 0.1) is 6.61 Å². The van der Waals surface area contributed by atoms with Crippen molar-refractivity contribution in [1.29, 1.82) is 0 Å². The first-order valence-electron chi connectivity index (χ1n) is 5.33. The van der Waals surface area contributed by atoms with Gasteiger partial charge in [0.1, 0.15) is 0 Å². The molecule has 0 amide bonds. The van der Waals surface area contributed by atoms with Crippen LogP contribution in [0.5, 0.6) is 0 Å². The third-order valence-electron chi connectivity index (χ3n) is 2.60. The van der Waals surface area contributed by atoms with Crippen LogP contribution in [0.3, 0.4) is 0 Å². The number of fused-ring (bicyclic) bond motifs is 1. The predicted octanol–water partition coefficient (Wildman–Crippen LogP) is 1.07. The molecule has 0 saturated carbocycles. The van der Waals surface area contributed by atoms with Crippen LogP contribution < -0.4 is 5.32 Å². The maximum absolute atomic E-state index is 8.67. The van der Waals surface area contributed by atoms with E-state index in [9.17, 15) is 0 Å². The Kier molecular flexibility index (Phi) is 3.39. The largest absolute Gasteiger partial charge is 0.395 e. The summed E-state index contributed by atoms with van der Waals surface area (Å²) in [7, 11) is 0. The van der Waals surface area contributed by atoms with Crippen molar-refractivity contribution in [2.24, 2.45) is 0 Å². The SMILES string of the molecule is OCCC#Cc1cccc2c1CCNC2. The number of aliphatic hydroxyl groups excluding tert-OH is 1. The zero-order chi connectivity index (χ0) is 10.5. The molecule has 15 heavy (non-hydrogen) atoms. The molecule has 1 aromatic carbocycles. The standard InChI is InChI=1S/C13H15NO/c15-9-2-1-4-11-5-3-6-12-10-14-8-7-13(11)12/h3,5-6,14-15H,2,7-10H2. The molecule has 0 fully saturated rings. The average molecular weight is 201 g/mol. The summed E-state index contributed by atoms with van der Waals surface area (Å²) in [5.41, 5.74) is 3.86. The van der Waals surface area contributed by atoms with Gasteiger partial charge >= 0.3 is 0 Å². The number of nitrogens with one attached hydrogen (secondary N) is 1. The van der Waals surface area contributed by atoms with Crippen LogP contribution >= 0.6 is 0 Å². The van der Waals surface area contributed by atoms with Crippen molar-refractivity contribution in [3.8, 4) is 11.8 Å². The predicted molar refractivity (Wildman–Crippen MR) is 60.4 cm³/mol. The van der Waals surface area contributed by atoms with Crippen LogP contribution in [0, 0.1) is 11.8 Å². The molecular weight excluding hydrogens is 186 g/mol. The fourth-order valence-electron chi connectivity index (χ4n) is 1.86. The third-order valence-corrected chi connectivity index (χ3v) is 2.60. The highest BCUT2D eigenvalue weighted by Crippen LogP contribution is 2.17. The zero-order valence-electron chi connectivity index (χ0n) is 8.71. The van der Waals surface area contributed by atoms with Gasteiger partial charge in [0.2, 0.25) is 0 Å². The number of hydrogen-bond donors (Lipinski definition) is 2. The third kappa shape index (κ3) is 2.38. The maximum Gasteiger partial charge on any atom is 0.0540 e. The Morgan fingerprint density at radius 1 is 1.40 bits per heavy atom. The van der Waals surface area contributed by atoms with E-state index in [2.05, 4.69) is 35.4 Å². The molecule has 0 aromatic heterocycles. The van der Waals surface area contributed by atoms with Gasteiger partial charge in [-0.15, -0.1) is 0 Å². The van der Waals surface area contributed by atoms with Gasteiger partial charge in [-0.3, -0.25) is 0 Å². The summed E-state index contributed by atoms with van der Waals surface area (Å²) < 4.78 is 0. The molecule has 0 atom stereocenters. The molecule has 1 heterocycles. The molecule has 2 N–H and O–H groups in total. The van der Waals surface area contributed by atoms with Crippen LogP contribution in [-0.2, 0) is 13.0 Å². The second-order valence-corrected chi connectivity index (χ2v) is 3.65. The smallest absolute Gasteiger partial charge is 0.0540 e. The summed E-state index contributed by atoms with van der Waals surface area (Å²) in [5, 5.41) is 12.0. The topological polar surface area (TPSA) is 32.3 Å². The van der Waals surface area contributed by atoms with E-state index in [1.165, 1.54) is 11.1 Å². The summed E-state index contributed by atoms with van der Waals surface area (Å²) in [4.78, 5) is 0. The molecule has 0 bridgehead atoms. The monoisotopic (exact) mass is 201 g/mol. The van der Waals surface area contributed by atoms with E-state index in [1.54, 1.807) is 0 Å². The number of hydrogen-bond acceptors (Lipinski definition) is 2. The lowest BCUT2D eigenvalue weighted by molar-refractivity contribution is 0.305. The van der Waals surface area contributed by atoms with Crippen molar-refractivity contribution < 1.29 is 5.11 Å². The highest BCUT2D eigenvalue weighted by Gasteiger charge is 2.10. The molecule has 2 heteroatoms. The molecule has 2 nitrogen and oxygen atoms in total. The van der Waals surface area contributed by atoms with Gasteiger partial charge in [0.15, 0.2) is 0 Å². The Labute approximate surface area is 90.3 Å². The molecule has 1 aromatic rings. The van der Waals surface area contributed by atoms with Gasteiger partial charge in [-0.25, -0.2) is 0 Å². The molecule has 78 valence electrons. The van der Waals surface area contributed by atoms with Gasteiger partial charge < -0.3 is 10.4 Å². The van der Waals surface area contributed by atoms with Crippen LogP contribution in [0.2, 0.25) is 0 Å². The van der Waals surface area contributed by atoms with Crippen molar-refractivity contribution in [1.82, 2.24) is 5.32 Å². The highest BCUT2D eigenvalue weighted by atomic mass is 16.2. The van der Waals surface area contributed by atoms with E-state index in [4.69, 9.17) is 5.11 Å². The Bertz CT molecular complexity index is 401. The Hall–Kier alpha value is -1.30. The molecule has 2 rings (SSSR count). The Morgan fingerprint density at radius 2 is 2.33 bits per heavy atom. The lowest BCUT2D eigenvalue weighted by Crippen LogP contribution is -2.24. The number of benzene rings is 1. The van der Waals surface area contributed by atoms with E-state index in [-0.39, 0.29) is 6.61 Å². The lowest BCUT2D eigenvalue weighted by atomic mass is 9.96. The van der Waals surface area contributed by atoms with Gasteiger partial charge in [0.25, 0.3) is 0 Å². The van der Waals surface area contributed by atoms with Crippen LogP contribution in [0.1, 0.15) is 23.1 Å². The molecule has 0 spiro atoms. The van der Waals surface area contributed by atoms with E-state index >= 15 is 0 Å². The lowest BCUT2D eigenvalue weighted by Gasteiger charge is -2.18. The first-order chi connectivity index (χ1) is 7.42. The van der Waals surface area contributed by atoms with E-state index < -0.39 is 0 Å². The first-order valence-corrected chi connectivity index (χ1v) is 5.33. The average Bonchev–Trinajstić information content (AvgIpc) is 2.30. The molecular formula is C13H15NO. The summed E-state index contributed by atoms with van der Waals surface area (Å²) >= 11 is 0. The highest BCUT2D eigenvalue weighted by molar-refractivity contribution is 5.46. The van der Waals surface area contributed by atoms with Crippen molar-refractivity contribution in [2.45, 2.75) is 19.4 Å². The van der Waals surface area contributed by atoms with Crippen molar-refractivity contribution >= 4 is 0 Å². The van der Waals surface area contributed by atoms with Gasteiger partial charge in [-0.05, 0) is 30.2 Å². The van der Waals surface area contributed by atoms with Crippen molar-refractivity contribution in [3.05, 3.63) is 34.9 Å². The Balaban J connectivity index is 2.28. The summed E-state index contributed by atoms with van der Waals surface area (Å²) in [6.07, 6.45) is 1.61. The molecule has 0 aliphatic carbocycles. The fraction of sp³-hybridized carbons (Fsp3) is 0.385. The van der Waals surface area contributed by atoms with E-state index in [0.29, 0.717) is 6.42 Å². The normalized spacial score (nSPS) is 13.9. The number of rotatable bonds is 1. The molecule has 0 radical (unpaired) electrons. The van der Waals surface area contributed by atoms with E-state index in [0.717, 1.165) is 25.1 Å². The van der Waals surface area contributed by atoms with E-state index in [1.807, 2.05) is 0 Å². The van der Waals surface area contributed by atoms with Crippen molar-refractivity contribution in [2.75, 3.05) is 13.2 Å². The van der Waals surface area contributed by atoms with Gasteiger partial charge in [-0.2, -0.15) is 0 Å². The van der Waals surface area contributed by atoms with Gasteiger partial charge in [0, 0.05) is 18.5 Å². The molecule has 0 saturated heterocycles. The van der Waals surface area contributed by atoms with Crippen LogP contribution in [0.4, 0.5) is 0 Å². The summed E-state index contributed by atoms with van der Waals surface area (Å²) in [5.74, 6) is 6.12.